The molecular weight excluding hydrogens is 334 g/mol. The zero-order valence-corrected chi connectivity index (χ0v) is 15.8. The number of sulfonamides is 1. The van der Waals surface area contributed by atoms with Crippen LogP contribution in [0.3, 0.4) is 0 Å². The Bertz CT molecular complexity index is 764. The van der Waals surface area contributed by atoms with Crippen molar-refractivity contribution >= 4 is 15.8 Å². The molecule has 4 aliphatic carbocycles. The summed E-state index contributed by atoms with van der Waals surface area (Å²) in [4.78, 5) is 11.8. The van der Waals surface area contributed by atoms with Crippen molar-refractivity contribution in [2.75, 3.05) is 0 Å². The number of carbonyl (C=O) groups excluding carboxylic acids is 1. The average molecular weight is 362 g/mol. The van der Waals surface area contributed by atoms with E-state index in [1.165, 1.54) is 32.3 Å². The fourth-order valence-electron chi connectivity index (χ4n) is 6.02. The first kappa shape index (κ1) is 17.2. The fraction of sp³-hybridized carbons (Fsp3) is 0.650. The topological polar surface area (TPSA) is 63.2 Å². The molecule has 5 rings (SSSR count). The van der Waals surface area contributed by atoms with Gasteiger partial charge in [0.25, 0.3) is 0 Å². The Morgan fingerprint density at radius 3 is 2.20 bits per heavy atom. The van der Waals surface area contributed by atoms with Crippen LogP contribution in [0.15, 0.2) is 29.2 Å². The van der Waals surface area contributed by atoms with E-state index in [0.29, 0.717) is 5.56 Å². The van der Waals surface area contributed by atoms with E-state index in [2.05, 4.69) is 4.72 Å². The quantitative estimate of drug-likeness (QED) is 0.812. The number of benzene rings is 1. The molecule has 4 fully saturated rings. The second kappa shape index (κ2) is 5.92. The number of hydrogen-bond donors (Lipinski definition) is 1. The molecular formula is C20H27NO3S. The summed E-state index contributed by atoms with van der Waals surface area (Å²) < 4.78 is 28.7. The second-order valence-corrected chi connectivity index (χ2v) is 10.4. The third-order valence-electron chi connectivity index (χ3n) is 6.89. The number of carbonyl (C=O) groups is 1. The van der Waals surface area contributed by atoms with Crippen molar-refractivity contribution in [1.82, 2.24) is 4.72 Å². The number of hydrogen-bond acceptors (Lipinski definition) is 3. The van der Waals surface area contributed by atoms with Crippen LogP contribution in [0.5, 0.6) is 0 Å². The lowest BCUT2D eigenvalue weighted by Crippen LogP contribution is -2.55. The molecule has 1 aromatic carbocycles. The predicted octanol–water partition coefficient (Wildman–Crippen LogP) is 3.77. The minimum atomic E-state index is -3.61. The van der Waals surface area contributed by atoms with Gasteiger partial charge in [-0.25, -0.2) is 13.1 Å². The van der Waals surface area contributed by atoms with Crippen molar-refractivity contribution in [3.05, 3.63) is 29.8 Å². The van der Waals surface area contributed by atoms with Gasteiger partial charge in [0, 0.05) is 11.6 Å². The number of ketones is 1. The molecule has 136 valence electrons. The van der Waals surface area contributed by atoms with Gasteiger partial charge < -0.3 is 0 Å². The van der Waals surface area contributed by atoms with Crippen LogP contribution in [0, 0.1) is 23.2 Å². The van der Waals surface area contributed by atoms with E-state index in [1.807, 2.05) is 6.92 Å². The first-order chi connectivity index (χ1) is 11.8. The minimum absolute atomic E-state index is 0.0631. The molecule has 25 heavy (non-hydrogen) atoms. The number of Topliss-reactive ketones (excluding diaryl/α,β-unsaturated/α-hetero) is 1. The molecule has 0 aromatic heterocycles. The smallest absolute Gasteiger partial charge is 0.240 e. The van der Waals surface area contributed by atoms with E-state index < -0.39 is 10.0 Å². The number of nitrogens with one attached hydrogen (secondary N) is 1. The summed E-state index contributed by atoms with van der Waals surface area (Å²) >= 11 is 0. The van der Waals surface area contributed by atoms with Crippen molar-refractivity contribution in [1.29, 1.82) is 0 Å². The predicted molar refractivity (Wildman–Crippen MR) is 96.8 cm³/mol. The van der Waals surface area contributed by atoms with Gasteiger partial charge in [0.1, 0.15) is 0 Å². The molecule has 0 unspecified atom stereocenters. The Labute approximate surface area is 150 Å². The highest BCUT2D eigenvalue weighted by atomic mass is 32.2. The molecule has 0 amide bonds. The van der Waals surface area contributed by atoms with Crippen molar-refractivity contribution in [2.45, 2.75) is 63.3 Å². The minimum Gasteiger partial charge on any atom is -0.295 e. The van der Waals surface area contributed by atoms with Gasteiger partial charge in [0.05, 0.1) is 4.90 Å². The summed E-state index contributed by atoms with van der Waals surface area (Å²) in [5.41, 5.74) is 0.560. The summed E-state index contributed by atoms with van der Waals surface area (Å²) in [6.45, 7) is 3.50. The van der Waals surface area contributed by atoms with Gasteiger partial charge in [0.15, 0.2) is 5.78 Å². The molecule has 0 spiro atoms. The molecule has 4 saturated carbocycles. The first-order valence-corrected chi connectivity index (χ1v) is 10.9. The average Bonchev–Trinajstić information content (AvgIpc) is 2.53. The highest BCUT2D eigenvalue weighted by Gasteiger charge is 2.53. The molecule has 5 heteroatoms. The van der Waals surface area contributed by atoms with Crippen molar-refractivity contribution in [3.8, 4) is 0 Å². The summed E-state index contributed by atoms with van der Waals surface area (Å²) in [5, 5.41) is 0. The summed E-state index contributed by atoms with van der Waals surface area (Å²) in [6.07, 6.45) is 7.53. The van der Waals surface area contributed by atoms with E-state index >= 15 is 0 Å². The molecule has 1 atom stereocenters. The normalized spacial score (nSPS) is 34.9. The first-order valence-electron chi connectivity index (χ1n) is 9.41. The van der Waals surface area contributed by atoms with Gasteiger partial charge in [0.2, 0.25) is 10.0 Å². The fourth-order valence-corrected chi connectivity index (χ4v) is 7.41. The van der Waals surface area contributed by atoms with Crippen LogP contribution in [-0.4, -0.2) is 20.2 Å². The summed E-state index contributed by atoms with van der Waals surface area (Å²) in [5.74, 6) is 2.25. The Kier molecular flexibility index (Phi) is 4.08. The molecule has 4 nitrogen and oxygen atoms in total. The van der Waals surface area contributed by atoms with Crippen molar-refractivity contribution < 1.29 is 13.2 Å². The second-order valence-electron chi connectivity index (χ2n) is 8.71. The maximum atomic E-state index is 12.9. The van der Waals surface area contributed by atoms with Gasteiger partial charge in [-0.1, -0.05) is 12.1 Å². The van der Waals surface area contributed by atoms with Gasteiger partial charge in [-0.2, -0.15) is 0 Å². The third kappa shape index (κ3) is 3.06. The lowest BCUT2D eigenvalue weighted by Gasteiger charge is -2.59. The van der Waals surface area contributed by atoms with Crippen molar-refractivity contribution in [3.63, 3.8) is 0 Å². The van der Waals surface area contributed by atoms with Crippen LogP contribution in [0.2, 0.25) is 0 Å². The van der Waals surface area contributed by atoms with Crippen LogP contribution < -0.4 is 4.72 Å². The van der Waals surface area contributed by atoms with Crippen LogP contribution in [-0.2, 0) is 10.0 Å². The third-order valence-corrected chi connectivity index (χ3v) is 8.43. The molecule has 0 heterocycles. The Hall–Kier alpha value is -1.20. The molecule has 1 N–H and O–H groups in total. The van der Waals surface area contributed by atoms with E-state index in [-0.39, 0.29) is 22.1 Å². The van der Waals surface area contributed by atoms with Gasteiger partial charge in [-0.3, -0.25) is 4.79 Å². The monoisotopic (exact) mass is 361 g/mol. The van der Waals surface area contributed by atoms with Crippen LogP contribution in [0.1, 0.15) is 62.7 Å². The maximum Gasteiger partial charge on any atom is 0.240 e. The SMILES string of the molecule is CC(=O)c1cccc(S(=O)(=O)N[C@H](C)C23CC4CC(CC(C4)C2)C3)c1. The van der Waals surface area contributed by atoms with Gasteiger partial charge in [-0.15, -0.1) is 0 Å². The van der Waals surface area contributed by atoms with Gasteiger partial charge in [-0.05, 0) is 87.7 Å². The molecule has 0 saturated heterocycles. The Balaban J connectivity index is 1.57. The molecule has 0 radical (unpaired) electrons. The van der Waals surface area contributed by atoms with Crippen LogP contribution in [0.25, 0.3) is 0 Å². The highest BCUT2D eigenvalue weighted by molar-refractivity contribution is 7.89. The van der Waals surface area contributed by atoms with Crippen LogP contribution in [0.4, 0.5) is 0 Å². The molecule has 0 aliphatic heterocycles. The summed E-state index contributed by atoms with van der Waals surface area (Å²) in [6, 6.07) is 6.29. The highest BCUT2D eigenvalue weighted by Crippen LogP contribution is 2.61. The lowest BCUT2D eigenvalue weighted by molar-refractivity contribution is -0.0666. The Morgan fingerprint density at radius 2 is 1.68 bits per heavy atom. The van der Waals surface area contributed by atoms with E-state index in [9.17, 15) is 13.2 Å². The van der Waals surface area contributed by atoms with Crippen molar-refractivity contribution in [2.24, 2.45) is 23.2 Å². The maximum absolute atomic E-state index is 12.9. The van der Waals surface area contributed by atoms with E-state index in [4.69, 9.17) is 0 Å². The van der Waals surface area contributed by atoms with E-state index in [1.54, 1.807) is 18.2 Å². The number of rotatable bonds is 5. The zero-order chi connectivity index (χ0) is 17.8. The van der Waals surface area contributed by atoms with Crippen LogP contribution >= 0.6 is 0 Å². The zero-order valence-electron chi connectivity index (χ0n) is 15.0. The lowest BCUT2D eigenvalue weighted by atomic mass is 9.48. The summed E-state index contributed by atoms with van der Waals surface area (Å²) in [7, 11) is -3.61. The molecule has 1 aromatic rings. The molecule has 4 aliphatic rings. The molecule has 4 bridgehead atoms. The van der Waals surface area contributed by atoms with Gasteiger partial charge >= 0.3 is 0 Å². The Morgan fingerprint density at radius 1 is 1.12 bits per heavy atom. The largest absolute Gasteiger partial charge is 0.295 e. The standard InChI is InChI=1S/C20H27NO3S/c1-13(22)18-4-3-5-19(9-18)25(23,24)21-14(2)20-10-15-6-16(11-20)8-17(7-15)12-20/h3-5,9,14-17,21H,6-8,10-12H2,1-2H3/t14-,15?,16?,17?,20?/m1/s1. The van der Waals surface area contributed by atoms with E-state index in [0.717, 1.165) is 37.0 Å².